The van der Waals surface area contributed by atoms with Crippen molar-refractivity contribution in [2.24, 2.45) is 0 Å². The van der Waals surface area contributed by atoms with E-state index in [4.69, 9.17) is 0 Å². The van der Waals surface area contributed by atoms with Crippen LogP contribution < -0.4 is 0 Å². The summed E-state index contributed by atoms with van der Waals surface area (Å²) in [7, 11) is 0. The molecular weight excluding hydrogens is 380 g/mol. The molecule has 24 heavy (non-hydrogen) atoms. The van der Waals surface area contributed by atoms with Gasteiger partial charge in [-0.2, -0.15) is 0 Å². The van der Waals surface area contributed by atoms with Gasteiger partial charge < -0.3 is 10.2 Å². The van der Waals surface area contributed by atoms with Crippen LogP contribution >= 0.6 is 47.0 Å². The molecule has 0 aliphatic carbocycles. The molecule has 2 N–H and O–H groups in total. The van der Waals surface area contributed by atoms with E-state index in [9.17, 15) is 10.2 Å². The van der Waals surface area contributed by atoms with E-state index in [-0.39, 0.29) is 13.2 Å². The van der Waals surface area contributed by atoms with Crippen molar-refractivity contribution in [3.8, 4) is 0 Å². The van der Waals surface area contributed by atoms with E-state index in [1.807, 2.05) is 47.0 Å². The van der Waals surface area contributed by atoms with Crippen LogP contribution in [0.25, 0.3) is 0 Å². The molecule has 1 rings (SSSR count). The molecule has 0 aromatic rings. The van der Waals surface area contributed by atoms with Gasteiger partial charge in [0.2, 0.25) is 0 Å². The fourth-order valence-electron chi connectivity index (χ4n) is 2.21. The lowest BCUT2D eigenvalue weighted by molar-refractivity contribution is 0.234. The zero-order valence-corrected chi connectivity index (χ0v) is 18.0. The molecule has 1 saturated heterocycles. The summed E-state index contributed by atoms with van der Waals surface area (Å²) in [5.41, 5.74) is 0. The fourth-order valence-corrected chi connectivity index (χ4v) is 6.50. The molecule has 0 radical (unpaired) electrons. The topological polar surface area (TPSA) is 46.9 Å². The highest BCUT2D eigenvalue weighted by Gasteiger charge is 2.07. The minimum atomic E-state index is 0.263. The summed E-state index contributed by atoms with van der Waals surface area (Å²) in [5, 5.41) is 18.4. The van der Waals surface area contributed by atoms with Crippen molar-refractivity contribution in [3.05, 3.63) is 0 Å². The molecule has 0 aromatic carbocycles. The van der Waals surface area contributed by atoms with Crippen LogP contribution in [0, 0.1) is 0 Å². The molecule has 0 saturated carbocycles. The quantitative estimate of drug-likeness (QED) is 0.728. The SMILES string of the molecule is OCCN1CSCCCCSCN(CCO)CSCCCCSC1. The van der Waals surface area contributed by atoms with Crippen LogP contribution in [0.4, 0.5) is 0 Å². The number of nitrogens with zero attached hydrogens (tertiary/aromatic N) is 2. The van der Waals surface area contributed by atoms with Gasteiger partial charge in [-0.05, 0) is 48.7 Å². The average molecular weight is 415 g/mol. The lowest BCUT2D eigenvalue weighted by Gasteiger charge is -2.21. The van der Waals surface area contributed by atoms with Gasteiger partial charge in [0.25, 0.3) is 0 Å². The summed E-state index contributed by atoms with van der Waals surface area (Å²) in [4.78, 5) is 4.74. The Balaban J connectivity index is 2.29. The summed E-state index contributed by atoms with van der Waals surface area (Å²) in [6, 6.07) is 0. The van der Waals surface area contributed by atoms with E-state index >= 15 is 0 Å². The fraction of sp³-hybridized carbons (Fsp3) is 1.00. The molecule has 0 unspecified atom stereocenters. The lowest BCUT2D eigenvalue weighted by Crippen LogP contribution is -2.27. The second-order valence-corrected chi connectivity index (χ2v) is 10.1. The number of aliphatic hydroxyl groups excluding tert-OH is 2. The largest absolute Gasteiger partial charge is 0.395 e. The summed E-state index contributed by atoms with van der Waals surface area (Å²) >= 11 is 7.99. The smallest absolute Gasteiger partial charge is 0.0559 e. The van der Waals surface area contributed by atoms with E-state index in [0.29, 0.717) is 0 Å². The molecule has 0 bridgehead atoms. The first kappa shape index (κ1) is 23.3. The maximum Gasteiger partial charge on any atom is 0.0559 e. The Labute approximate surface area is 165 Å². The first-order chi connectivity index (χ1) is 11.9. The average Bonchev–Trinajstić information content (AvgIpc) is 2.58. The van der Waals surface area contributed by atoms with Crippen LogP contribution in [-0.2, 0) is 0 Å². The van der Waals surface area contributed by atoms with Gasteiger partial charge in [0, 0.05) is 36.6 Å². The molecule has 1 heterocycles. The van der Waals surface area contributed by atoms with Gasteiger partial charge in [0.05, 0.1) is 13.2 Å². The minimum absolute atomic E-state index is 0.263. The normalized spacial score (nSPS) is 22.8. The predicted octanol–water partition coefficient (Wildman–Crippen LogP) is 2.91. The number of rotatable bonds is 4. The first-order valence-electron chi connectivity index (χ1n) is 8.84. The Morgan fingerprint density at radius 2 is 0.833 bits per heavy atom. The molecule has 1 aliphatic rings. The van der Waals surface area contributed by atoms with Crippen molar-refractivity contribution in [1.29, 1.82) is 0 Å². The molecule has 4 nitrogen and oxygen atoms in total. The number of β-amino-alcohol motifs (C(OH)–C–C–N with tert-alkyl or cyclic N) is 2. The molecule has 144 valence electrons. The van der Waals surface area contributed by atoms with Crippen molar-refractivity contribution in [2.75, 3.05) is 72.8 Å². The van der Waals surface area contributed by atoms with Crippen LogP contribution in [0.1, 0.15) is 25.7 Å². The van der Waals surface area contributed by atoms with Crippen molar-refractivity contribution in [3.63, 3.8) is 0 Å². The monoisotopic (exact) mass is 414 g/mol. The molecule has 8 heteroatoms. The number of hydrogen-bond acceptors (Lipinski definition) is 8. The summed E-state index contributed by atoms with van der Waals surface area (Å²) < 4.78 is 0. The Morgan fingerprint density at radius 3 is 1.08 bits per heavy atom. The van der Waals surface area contributed by atoms with Crippen molar-refractivity contribution >= 4 is 47.0 Å². The van der Waals surface area contributed by atoms with Gasteiger partial charge in [0.15, 0.2) is 0 Å². The van der Waals surface area contributed by atoms with E-state index in [0.717, 1.165) is 36.6 Å². The van der Waals surface area contributed by atoms with Crippen molar-refractivity contribution < 1.29 is 10.2 Å². The van der Waals surface area contributed by atoms with Crippen molar-refractivity contribution in [1.82, 2.24) is 9.80 Å². The van der Waals surface area contributed by atoms with E-state index in [1.165, 1.54) is 48.7 Å². The van der Waals surface area contributed by atoms with Gasteiger partial charge >= 0.3 is 0 Å². The second kappa shape index (κ2) is 17.6. The molecule has 0 aromatic heterocycles. The molecule has 0 amide bonds. The number of hydrogen-bond donors (Lipinski definition) is 2. The van der Waals surface area contributed by atoms with E-state index in [2.05, 4.69) is 9.80 Å². The zero-order chi connectivity index (χ0) is 17.3. The standard InChI is InChI=1S/C16H34N2O2S4/c19-7-5-17-13-21-9-1-2-10-22-14-18(6-8-20)16-24-12-4-3-11-23-15-17/h19-20H,1-16H2. The molecule has 1 fully saturated rings. The minimum Gasteiger partial charge on any atom is -0.395 e. The maximum absolute atomic E-state index is 9.19. The maximum atomic E-state index is 9.19. The van der Waals surface area contributed by atoms with E-state index < -0.39 is 0 Å². The third-order valence-corrected chi connectivity index (χ3v) is 8.08. The Hall–Kier alpha value is 1.24. The zero-order valence-electron chi connectivity index (χ0n) is 14.7. The Morgan fingerprint density at radius 1 is 0.542 bits per heavy atom. The number of thioether (sulfide) groups is 4. The molecule has 1 aliphatic heterocycles. The highest BCUT2D eigenvalue weighted by molar-refractivity contribution is 8.00. The van der Waals surface area contributed by atoms with E-state index in [1.54, 1.807) is 0 Å². The highest BCUT2D eigenvalue weighted by atomic mass is 32.2. The number of aliphatic hydroxyl groups is 2. The van der Waals surface area contributed by atoms with Gasteiger partial charge in [0.1, 0.15) is 0 Å². The third-order valence-electron chi connectivity index (χ3n) is 3.58. The summed E-state index contributed by atoms with van der Waals surface area (Å²) in [6.07, 6.45) is 5.08. The Kier molecular flexibility index (Phi) is 17.1. The van der Waals surface area contributed by atoms with Crippen LogP contribution in [0.5, 0.6) is 0 Å². The summed E-state index contributed by atoms with van der Waals surface area (Å²) in [5.74, 6) is 9.02. The predicted molar refractivity (Wildman–Crippen MR) is 115 cm³/mol. The van der Waals surface area contributed by atoms with Crippen LogP contribution in [0.2, 0.25) is 0 Å². The van der Waals surface area contributed by atoms with Crippen LogP contribution in [0.15, 0.2) is 0 Å². The third kappa shape index (κ3) is 13.4. The first-order valence-corrected chi connectivity index (χ1v) is 13.5. The summed E-state index contributed by atoms with van der Waals surface area (Å²) in [6.45, 7) is 2.12. The van der Waals surface area contributed by atoms with Gasteiger partial charge in [-0.3, -0.25) is 9.80 Å². The molecule has 0 spiro atoms. The van der Waals surface area contributed by atoms with Crippen LogP contribution in [-0.4, -0.2) is 92.8 Å². The molecule has 0 atom stereocenters. The van der Waals surface area contributed by atoms with Gasteiger partial charge in [-0.15, -0.1) is 47.0 Å². The highest BCUT2D eigenvalue weighted by Crippen LogP contribution is 2.17. The van der Waals surface area contributed by atoms with Gasteiger partial charge in [-0.1, -0.05) is 0 Å². The Bertz CT molecular complexity index is 232. The van der Waals surface area contributed by atoms with Crippen LogP contribution in [0.3, 0.4) is 0 Å². The van der Waals surface area contributed by atoms with Crippen molar-refractivity contribution in [2.45, 2.75) is 25.7 Å². The van der Waals surface area contributed by atoms with Gasteiger partial charge in [-0.25, -0.2) is 0 Å². The molecular formula is C16H34N2O2S4. The lowest BCUT2D eigenvalue weighted by atomic mass is 10.4. The second-order valence-electron chi connectivity index (χ2n) is 5.80.